The highest BCUT2D eigenvalue weighted by Gasteiger charge is 2.25. The number of thioether (sulfide) groups is 1. The van der Waals surface area contributed by atoms with Crippen molar-refractivity contribution in [1.29, 1.82) is 0 Å². The Balaban J connectivity index is 2.32. The monoisotopic (exact) mass is 425 g/mol. The maximum absolute atomic E-state index is 12.9. The molecule has 3 rings (SSSR count). The zero-order valence-electron chi connectivity index (χ0n) is 15.1. The highest BCUT2D eigenvalue weighted by Crippen LogP contribution is 2.38. The summed E-state index contributed by atoms with van der Waals surface area (Å²) >= 11 is 13.8. The average molecular weight is 426 g/mol. The first kappa shape index (κ1) is 19.8. The first-order valence-electron chi connectivity index (χ1n) is 8.13. The number of hydrogen-bond acceptors (Lipinski definition) is 5. The van der Waals surface area contributed by atoms with Crippen LogP contribution in [0.2, 0.25) is 10.2 Å². The third-order valence-corrected chi connectivity index (χ3v) is 5.42. The van der Waals surface area contributed by atoms with Gasteiger partial charge in [0.2, 0.25) is 0 Å². The molecule has 0 atom stereocenters. The number of fused-ring (bicyclic) bond motifs is 1. The fourth-order valence-electron chi connectivity index (χ4n) is 2.74. The van der Waals surface area contributed by atoms with Crippen LogP contribution in [0.25, 0.3) is 16.6 Å². The largest absolute Gasteiger partial charge is 0.414 e. The topological polar surface area (TPSA) is 66.1 Å². The number of nitrogens with zero attached hydrogens (tertiary/aromatic N) is 3. The smallest absolute Gasteiger partial charge is 0.373 e. The third-order valence-electron chi connectivity index (χ3n) is 3.84. The number of para-hydroxylation sites is 1. The zero-order chi connectivity index (χ0) is 19.9. The van der Waals surface area contributed by atoms with E-state index in [1.165, 1.54) is 16.3 Å². The van der Waals surface area contributed by atoms with Gasteiger partial charge in [0.05, 0.1) is 10.5 Å². The molecule has 0 fully saturated rings. The molecule has 0 bridgehead atoms. The lowest BCUT2D eigenvalue weighted by Crippen LogP contribution is -2.27. The minimum Gasteiger partial charge on any atom is -0.414 e. The number of rotatable bonds is 3. The van der Waals surface area contributed by atoms with Crippen LogP contribution in [-0.2, 0) is 7.05 Å². The Hall–Kier alpha value is -1.96. The van der Waals surface area contributed by atoms with Crippen LogP contribution in [-0.4, -0.2) is 24.9 Å². The molecule has 0 N–H and O–H groups in total. The summed E-state index contributed by atoms with van der Waals surface area (Å²) in [4.78, 5) is 25.2. The van der Waals surface area contributed by atoms with Crippen LogP contribution in [0.4, 0.5) is 4.79 Å². The Morgan fingerprint density at radius 2 is 1.93 bits per heavy atom. The number of ether oxygens (including phenoxy) is 1. The van der Waals surface area contributed by atoms with Gasteiger partial charge in [-0.05, 0) is 24.8 Å². The van der Waals surface area contributed by atoms with Crippen molar-refractivity contribution in [3.63, 3.8) is 0 Å². The molecule has 6 nitrogen and oxygen atoms in total. The van der Waals surface area contributed by atoms with Crippen LogP contribution >= 0.6 is 35.0 Å². The van der Waals surface area contributed by atoms with E-state index in [0.717, 1.165) is 11.8 Å². The molecule has 0 spiro atoms. The minimum atomic E-state index is -0.525. The van der Waals surface area contributed by atoms with E-state index >= 15 is 0 Å². The predicted molar refractivity (Wildman–Crippen MR) is 110 cm³/mol. The molecule has 2 heterocycles. The molecule has 3 aromatic rings. The second kappa shape index (κ2) is 7.58. The Kier molecular flexibility index (Phi) is 5.55. The fraction of sp³-hybridized carbons (Fsp3) is 0.278. The van der Waals surface area contributed by atoms with E-state index in [1.807, 2.05) is 26.0 Å². The van der Waals surface area contributed by atoms with Crippen molar-refractivity contribution in [2.75, 3.05) is 0 Å². The van der Waals surface area contributed by atoms with E-state index in [1.54, 1.807) is 19.1 Å². The lowest BCUT2D eigenvalue weighted by molar-refractivity contribution is 0.226. The second-order valence-corrected chi connectivity index (χ2v) is 8.42. The minimum absolute atomic E-state index is 0.0335. The SMILES string of the molecule is Cc1nn(C)c(=O)c(-n2c(Cl)c(Cl)c3ccccc32)c1OC(=O)SC(C)C. The maximum atomic E-state index is 12.9. The van der Waals surface area contributed by atoms with Crippen LogP contribution in [0.1, 0.15) is 19.5 Å². The molecule has 0 saturated carbocycles. The van der Waals surface area contributed by atoms with Crippen molar-refractivity contribution in [2.45, 2.75) is 26.0 Å². The van der Waals surface area contributed by atoms with Crippen molar-refractivity contribution >= 4 is 51.2 Å². The normalized spacial score (nSPS) is 11.4. The van der Waals surface area contributed by atoms with E-state index in [9.17, 15) is 9.59 Å². The van der Waals surface area contributed by atoms with E-state index in [2.05, 4.69) is 5.10 Å². The third kappa shape index (κ3) is 3.59. The van der Waals surface area contributed by atoms with Gasteiger partial charge in [-0.1, -0.05) is 55.2 Å². The van der Waals surface area contributed by atoms with Crippen molar-refractivity contribution in [3.05, 3.63) is 50.5 Å². The Bertz CT molecular complexity index is 1110. The highest BCUT2D eigenvalue weighted by atomic mass is 35.5. The van der Waals surface area contributed by atoms with Crippen molar-refractivity contribution in [1.82, 2.24) is 14.3 Å². The number of benzene rings is 1. The molecule has 0 aliphatic rings. The highest BCUT2D eigenvalue weighted by molar-refractivity contribution is 8.13. The van der Waals surface area contributed by atoms with E-state index in [-0.39, 0.29) is 21.8 Å². The summed E-state index contributed by atoms with van der Waals surface area (Å²) in [6.45, 7) is 5.41. The summed E-state index contributed by atoms with van der Waals surface area (Å²) in [5, 5.41) is 4.81. The van der Waals surface area contributed by atoms with Gasteiger partial charge in [0.1, 0.15) is 10.8 Å². The molecule has 2 aromatic heterocycles. The number of carbonyl (C=O) groups is 1. The van der Waals surface area contributed by atoms with E-state index < -0.39 is 10.9 Å². The molecule has 0 amide bonds. The van der Waals surface area contributed by atoms with Crippen molar-refractivity contribution in [3.8, 4) is 11.4 Å². The predicted octanol–water partition coefficient (Wildman–Crippen LogP) is 4.98. The number of halogens is 2. The van der Waals surface area contributed by atoms with Crippen LogP contribution in [0.3, 0.4) is 0 Å². The van der Waals surface area contributed by atoms with Gasteiger partial charge in [0, 0.05) is 17.7 Å². The number of carbonyl (C=O) groups excluding carboxylic acids is 1. The van der Waals surface area contributed by atoms with Crippen LogP contribution in [0.5, 0.6) is 5.75 Å². The molecule has 142 valence electrons. The second-order valence-electron chi connectivity index (χ2n) is 6.17. The van der Waals surface area contributed by atoms with E-state index in [4.69, 9.17) is 27.9 Å². The van der Waals surface area contributed by atoms with Gasteiger partial charge < -0.3 is 4.74 Å². The molecule has 0 saturated heterocycles. The Morgan fingerprint density at radius 1 is 1.26 bits per heavy atom. The Labute approximate surface area is 170 Å². The summed E-state index contributed by atoms with van der Waals surface area (Å²) in [6, 6.07) is 7.23. The van der Waals surface area contributed by atoms with Gasteiger partial charge in [-0.2, -0.15) is 5.10 Å². The van der Waals surface area contributed by atoms with Crippen LogP contribution in [0, 0.1) is 6.92 Å². The van der Waals surface area contributed by atoms with Gasteiger partial charge >= 0.3 is 5.30 Å². The first-order chi connectivity index (χ1) is 12.7. The summed E-state index contributed by atoms with van der Waals surface area (Å²) in [6.07, 6.45) is 0. The summed E-state index contributed by atoms with van der Waals surface area (Å²) < 4.78 is 8.19. The standard InChI is InChI=1S/C18H17Cl2N3O3S/c1-9(2)27-18(25)26-15-10(3)21-22(4)17(24)14(15)23-12-8-6-5-7-11(12)13(19)16(23)20/h5-9H,1-4H3. The molecule has 1 aromatic carbocycles. The van der Waals surface area contributed by atoms with Crippen molar-refractivity contribution < 1.29 is 9.53 Å². The molecule has 0 unspecified atom stereocenters. The zero-order valence-corrected chi connectivity index (χ0v) is 17.4. The number of hydrogen-bond donors (Lipinski definition) is 0. The lowest BCUT2D eigenvalue weighted by atomic mass is 10.2. The first-order valence-corrected chi connectivity index (χ1v) is 9.77. The molecular weight excluding hydrogens is 409 g/mol. The average Bonchev–Trinajstić information content (AvgIpc) is 2.84. The fourth-order valence-corrected chi connectivity index (χ4v) is 3.78. The molecule has 9 heteroatoms. The van der Waals surface area contributed by atoms with E-state index in [0.29, 0.717) is 21.6 Å². The molecule has 0 aliphatic carbocycles. The molecule has 27 heavy (non-hydrogen) atoms. The molecular formula is C18H17Cl2N3O3S. The van der Waals surface area contributed by atoms with Gasteiger partial charge in [-0.15, -0.1) is 0 Å². The van der Waals surface area contributed by atoms with Crippen LogP contribution in [0.15, 0.2) is 29.1 Å². The van der Waals surface area contributed by atoms with Crippen molar-refractivity contribution in [2.24, 2.45) is 7.05 Å². The summed E-state index contributed by atoms with van der Waals surface area (Å²) in [5.41, 5.74) is 0.645. The number of aromatic nitrogens is 3. The van der Waals surface area contributed by atoms with Gasteiger partial charge in [-0.25, -0.2) is 9.48 Å². The summed E-state index contributed by atoms with van der Waals surface area (Å²) in [5.74, 6) is 0.0653. The van der Waals surface area contributed by atoms with Gasteiger partial charge in [-0.3, -0.25) is 9.36 Å². The Morgan fingerprint density at radius 3 is 2.59 bits per heavy atom. The number of aryl methyl sites for hydroxylation is 2. The lowest BCUT2D eigenvalue weighted by Gasteiger charge is -2.15. The molecule has 0 radical (unpaired) electrons. The van der Waals surface area contributed by atoms with Gasteiger partial charge in [0.15, 0.2) is 11.4 Å². The quantitative estimate of drug-likeness (QED) is 0.553. The molecule has 0 aliphatic heterocycles. The maximum Gasteiger partial charge on any atom is 0.373 e. The van der Waals surface area contributed by atoms with Gasteiger partial charge in [0.25, 0.3) is 5.56 Å². The van der Waals surface area contributed by atoms with Crippen LogP contribution < -0.4 is 10.3 Å². The summed E-state index contributed by atoms with van der Waals surface area (Å²) in [7, 11) is 1.52.